The molecule has 10 heteroatoms. The van der Waals surface area contributed by atoms with Gasteiger partial charge in [0.2, 0.25) is 21.8 Å². The van der Waals surface area contributed by atoms with Crippen molar-refractivity contribution >= 4 is 50.7 Å². The van der Waals surface area contributed by atoms with Gasteiger partial charge in [-0.3, -0.25) is 13.9 Å². The first kappa shape index (κ1) is 27.0. The lowest BCUT2D eigenvalue weighted by molar-refractivity contribution is -0.140. The Kier molecular flexibility index (Phi) is 10.0. The third-order valence-electron chi connectivity index (χ3n) is 5.01. The van der Waals surface area contributed by atoms with Gasteiger partial charge in [0.25, 0.3) is 0 Å². The summed E-state index contributed by atoms with van der Waals surface area (Å²) in [5.41, 5.74) is 0.919. The smallest absolute Gasteiger partial charge is 0.244 e. The molecule has 0 aliphatic heterocycles. The maximum Gasteiger partial charge on any atom is 0.244 e. The molecule has 1 N–H and O–H groups in total. The van der Waals surface area contributed by atoms with Crippen molar-refractivity contribution in [3.8, 4) is 0 Å². The zero-order valence-electron chi connectivity index (χ0n) is 18.9. The van der Waals surface area contributed by atoms with Gasteiger partial charge in [0.15, 0.2) is 0 Å². The number of amides is 2. The minimum atomic E-state index is -3.81. The Morgan fingerprint density at radius 2 is 1.76 bits per heavy atom. The SMILES string of the molecule is CCCNC(=O)[C@H](CC)N(Cc1ccccc1Cl)C(=O)CN(c1cccc(Cl)c1)S(C)(=O)=O. The van der Waals surface area contributed by atoms with Gasteiger partial charge < -0.3 is 10.2 Å². The Bertz CT molecular complexity index is 1080. The van der Waals surface area contributed by atoms with Crippen LogP contribution in [0.5, 0.6) is 0 Å². The number of nitrogens with one attached hydrogen (secondary N) is 1. The van der Waals surface area contributed by atoms with Crippen LogP contribution >= 0.6 is 23.2 Å². The fraction of sp³-hybridized carbons (Fsp3) is 0.391. The van der Waals surface area contributed by atoms with Crippen LogP contribution in [0, 0.1) is 0 Å². The molecule has 0 saturated carbocycles. The highest BCUT2D eigenvalue weighted by molar-refractivity contribution is 7.92. The van der Waals surface area contributed by atoms with Crippen LogP contribution < -0.4 is 9.62 Å². The number of rotatable bonds is 11. The molecule has 0 spiro atoms. The standard InChI is InChI=1S/C23H29Cl2N3O4S/c1-4-13-26-23(30)21(5-2)27(15-17-9-6-7-12-20(17)25)22(29)16-28(33(3,31)32)19-11-8-10-18(24)14-19/h6-12,14,21H,4-5,13,15-16H2,1-3H3,(H,26,30)/t21-/m0/s1. The third kappa shape index (κ3) is 7.62. The van der Waals surface area contributed by atoms with Crippen LogP contribution in [0.2, 0.25) is 10.0 Å². The largest absolute Gasteiger partial charge is 0.354 e. The lowest BCUT2D eigenvalue weighted by Crippen LogP contribution is -2.52. The Morgan fingerprint density at radius 3 is 2.33 bits per heavy atom. The van der Waals surface area contributed by atoms with E-state index in [-0.39, 0.29) is 18.1 Å². The summed E-state index contributed by atoms with van der Waals surface area (Å²) in [6.07, 6.45) is 2.11. The van der Waals surface area contributed by atoms with Gasteiger partial charge in [-0.05, 0) is 42.7 Å². The van der Waals surface area contributed by atoms with Crippen molar-refractivity contribution in [2.45, 2.75) is 39.3 Å². The summed E-state index contributed by atoms with van der Waals surface area (Å²) in [6.45, 7) is 3.78. The number of halogens is 2. The Morgan fingerprint density at radius 1 is 1.06 bits per heavy atom. The van der Waals surface area contributed by atoms with Crippen LogP contribution in [0.4, 0.5) is 5.69 Å². The minimum absolute atomic E-state index is 0.0592. The maximum atomic E-state index is 13.5. The van der Waals surface area contributed by atoms with Crippen molar-refractivity contribution in [2.75, 3.05) is 23.7 Å². The molecule has 1 atom stereocenters. The van der Waals surface area contributed by atoms with Crippen molar-refractivity contribution < 1.29 is 18.0 Å². The monoisotopic (exact) mass is 513 g/mol. The van der Waals surface area contributed by atoms with Gasteiger partial charge in [-0.25, -0.2) is 8.42 Å². The molecule has 2 aromatic rings. The predicted molar refractivity (Wildman–Crippen MR) is 133 cm³/mol. The lowest BCUT2D eigenvalue weighted by atomic mass is 10.1. The van der Waals surface area contributed by atoms with Crippen LogP contribution in [-0.2, 0) is 26.2 Å². The average Bonchev–Trinajstić information content (AvgIpc) is 2.76. The number of hydrogen-bond donors (Lipinski definition) is 1. The molecule has 0 unspecified atom stereocenters. The number of benzene rings is 2. The maximum absolute atomic E-state index is 13.5. The van der Waals surface area contributed by atoms with Crippen molar-refractivity contribution in [1.29, 1.82) is 0 Å². The second-order valence-electron chi connectivity index (χ2n) is 7.58. The van der Waals surface area contributed by atoms with Crippen LogP contribution in [0.25, 0.3) is 0 Å². The molecule has 180 valence electrons. The summed E-state index contributed by atoms with van der Waals surface area (Å²) in [6, 6.07) is 12.5. The van der Waals surface area contributed by atoms with Crippen molar-refractivity contribution in [2.24, 2.45) is 0 Å². The Hall–Kier alpha value is -2.29. The molecular weight excluding hydrogens is 485 g/mol. The van der Waals surface area contributed by atoms with Crippen molar-refractivity contribution in [3.63, 3.8) is 0 Å². The molecule has 2 amide bonds. The summed E-state index contributed by atoms with van der Waals surface area (Å²) in [5, 5.41) is 3.62. The van der Waals surface area contributed by atoms with E-state index < -0.39 is 28.5 Å². The number of carbonyl (C=O) groups is 2. The molecule has 0 saturated heterocycles. The molecule has 2 rings (SSSR count). The summed E-state index contributed by atoms with van der Waals surface area (Å²) >= 11 is 12.4. The van der Waals surface area contributed by atoms with E-state index in [0.717, 1.165) is 17.0 Å². The number of anilines is 1. The second-order valence-corrected chi connectivity index (χ2v) is 10.3. The zero-order chi connectivity index (χ0) is 24.6. The molecule has 2 aromatic carbocycles. The van der Waals surface area contributed by atoms with E-state index in [1.807, 2.05) is 6.92 Å². The topological polar surface area (TPSA) is 86.8 Å². The quantitative estimate of drug-likeness (QED) is 0.490. The second kappa shape index (κ2) is 12.3. The molecular formula is C23H29Cl2N3O4S. The molecule has 0 heterocycles. The van der Waals surface area contributed by atoms with Gasteiger partial charge in [0.05, 0.1) is 11.9 Å². The van der Waals surface area contributed by atoms with Gasteiger partial charge in [-0.2, -0.15) is 0 Å². The van der Waals surface area contributed by atoms with E-state index in [1.54, 1.807) is 49.4 Å². The molecule has 0 radical (unpaired) electrons. The van der Waals surface area contributed by atoms with Crippen LogP contribution in [0.3, 0.4) is 0 Å². The van der Waals surface area contributed by atoms with E-state index in [9.17, 15) is 18.0 Å². The molecule has 0 aliphatic rings. The highest BCUT2D eigenvalue weighted by Gasteiger charge is 2.32. The van der Waals surface area contributed by atoms with E-state index in [2.05, 4.69) is 5.32 Å². The zero-order valence-corrected chi connectivity index (χ0v) is 21.3. The van der Waals surface area contributed by atoms with Gasteiger partial charge in [-0.15, -0.1) is 0 Å². The fourth-order valence-electron chi connectivity index (χ4n) is 3.34. The van der Waals surface area contributed by atoms with Crippen LogP contribution in [0.15, 0.2) is 48.5 Å². The van der Waals surface area contributed by atoms with Crippen LogP contribution in [-0.4, -0.2) is 50.5 Å². The van der Waals surface area contributed by atoms with E-state index in [4.69, 9.17) is 23.2 Å². The van der Waals surface area contributed by atoms with Gasteiger partial charge >= 0.3 is 0 Å². The molecule has 7 nitrogen and oxygen atoms in total. The minimum Gasteiger partial charge on any atom is -0.354 e. The van der Waals surface area contributed by atoms with Gasteiger partial charge in [0, 0.05) is 23.1 Å². The van der Waals surface area contributed by atoms with E-state index in [1.165, 1.54) is 11.0 Å². The highest BCUT2D eigenvalue weighted by Crippen LogP contribution is 2.24. The molecule has 0 bridgehead atoms. The summed E-state index contributed by atoms with van der Waals surface area (Å²) in [5.74, 6) is -0.827. The number of hydrogen-bond acceptors (Lipinski definition) is 4. The first-order chi connectivity index (χ1) is 15.6. The predicted octanol–water partition coefficient (Wildman–Crippen LogP) is 4.09. The van der Waals surface area contributed by atoms with Crippen molar-refractivity contribution in [3.05, 3.63) is 64.1 Å². The Labute approximate surface area is 205 Å². The molecule has 33 heavy (non-hydrogen) atoms. The van der Waals surface area contributed by atoms with Gasteiger partial charge in [0.1, 0.15) is 12.6 Å². The Balaban J connectivity index is 2.44. The first-order valence-electron chi connectivity index (χ1n) is 10.6. The first-order valence-corrected chi connectivity index (χ1v) is 13.2. The summed E-state index contributed by atoms with van der Waals surface area (Å²) in [7, 11) is -3.81. The normalized spacial score (nSPS) is 12.2. The van der Waals surface area contributed by atoms with Gasteiger partial charge in [-0.1, -0.05) is 61.3 Å². The average molecular weight is 514 g/mol. The van der Waals surface area contributed by atoms with E-state index in [0.29, 0.717) is 28.6 Å². The number of carbonyl (C=O) groups excluding carboxylic acids is 2. The molecule has 0 fully saturated rings. The lowest BCUT2D eigenvalue weighted by Gasteiger charge is -2.33. The summed E-state index contributed by atoms with van der Waals surface area (Å²) < 4.78 is 26.1. The fourth-order valence-corrected chi connectivity index (χ4v) is 4.56. The highest BCUT2D eigenvalue weighted by atomic mass is 35.5. The summed E-state index contributed by atoms with van der Waals surface area (Å²) in [4.78, 5) is 27.8. The molecule has 0 aliphatic carbocycles. The van der Waals surface area contributed by atoms with E-state index >= 15 is 0 Å². The number of nitrogens with zero attached hydrogens (tertiary/aromatic N) is 2. The number of sulfonamides is 1. The third-order valence-corrected chi connectivity index (χ3v) is 6.75. The van der Waals surface area contributed by atoms with Crippen LogP contribution in [0.1, 0.15) is 32.3 Å². The molecule has 0 aromatic heterocycles. The van der Waals surface area contributed by atoms with Crippen molar-refractivity contribution in [1.82, 2.24) is 10.2 Å².